The molecule has 0 spiro atoms. The van der Waals surface area contributed by atoms with Crippen LogP contribution in [0.1, 0.15) is 20.8 Å². The molecule has 0 saturated carbocycles. The van der Waals surface area contributed by atoms with Gasteiger partial charge >= 0.3 is 0 Å². The van der Waals surface area contributed by atoms with Crippen LogP contribution in [0.15, 0.2) is 29.9 Å². The van der Waals surface area contributed by atoms with Gasteiger partial charge in [-0.2, -0.15) is 0 Å². The summed E-state index contributed by atoms with van der Waals surface area (Å²) in [7, 11) is 0. The first-order valence-electron chi connectivity index (χ1n) is 4.38. The second-order valence-electron chi connectivity index (χ2n) is 3.12. The summed E-state index contributed by atoms with van der Waals surface area (Å²) in [5.74, 6) is -0.0550. The zero-order chi connectivity index (χ0) is 10.8. The fraction of sp³-hybridized carbons (Fsp3) is 0.0909. The van der Waals surface area contributed by atoms with E-state index < -0.39 is 0 Å². The van der Waals surface area contributed by atoms with Crippen LogP contribution in [-0.2, 0) is 0 Å². The lowest BCUT2D eigenvalue weighted by Gasteiger charge is -2.01. The zero-order valence-electron chi connectivity index (χ0n) is 8.03. The Bertz CT molecular complexity index is 507. The Morgan fingerprint density at radius 1 is 1.47 bits per heavy atom. The van der Waals surface area contributed by atoms with Gasteiger partial charge in [0.15, 0.2) is 0 Å². The van der Waals surface area contributed by atoms with Crippen LogP contribution in [0, 0.1) is 6.92 Å². The summed E-state index contributed by atoms with van der Waals surface area (Å²) < 4.78 is 0. The van der Waals surface area contributed by atoms with E-state index in [4.69, 9.17) is 11.6 Å². The first-order chi connectivity index (χ1) is 7.20. The van der Waals surface area contributed by atoms with E-state index in [0.717, 1.165) is 5.56 Å². The maximum atomic E-state index is 12.0. The molecule has 0 atom stereocenters. The molecule has 0 aliphatic carbocycles. The number of ketones is 1. The van der Waals surface area contributed by atoms with E-state index in [2.05, 4.69) is 4.98 Å². The van der Waals surface area contributed by atoms with E-state index in [0.29, 0.717) is 15.5 Å². The van der Waals surface area contributed by atoms with E-state index in [9.17, 15) is 4.79 Å². The maximum Gasteiger partial charge on any atom is 0.206 e. The highest BCUT2D eigenvalue weighted by Crippen LogP contribution is 2.25. The van der Waals surface area contributed by atoms with E-state index in [1.165, 1.54) is 11.3 Å². The summed E-state index contributed by atoms with van der Waals surface area (Å²) in [6.45, 7) is 1.89. The van der Waals surface area contributed by atoms with Crippen molar-refractivity contribution < 1.29 is 4.79 Å². The summed E-state index contributed by atoms with van der Waals surface area (Å²) in [5.41, 5.74) is 1.53. The Balaban J connectivity index is 2.46. The number of aryl methyl sites for hydroxylation is 1. The van der Waals surface area contributed by atoms with Crippen molar-refractivity contribution in [1.29, 1.82) is 0 Å². The summed E-state index contributed by atoms with van der Waals surface area (Å²) >= 11 is 7.26. The highest BCUT2D eigenvalue weighted by Gasteiger charge is 2.15. The van der Waals surface area contributed by atoms with Gasteiger partial charge < -0.3 is 0 Å². The van der Waals surface area contributed by atoms with Gasteiger partial charge in [-0.05, 0) is 30.0 Å². The van der Waals surface area contributed by atoms with Crippen molar-refractivity contribution in [3.63, 3.8) is 0 Å². The molecule has 0 aliphatic heterocycles. The van der Waals surface area contributed by atoms with Gasteiger partial charge in [-0.3, -0.25) is 9.78 Å². The smallest absolute Gasteiger partial charge is 0.206 e. The molecule has 2 aromatic rings. The zero-order valence-corrected chi connectivity index (χ0v) is 9.60. The molecule has 0 bridgehead atoms. The molecule has 0 amide bonds. The molecule has 0 aromatic carbocycles. The van der Waals surface area contributed by atoms with Gasteiger partial charge in [0.1, 0.15) is 0 Å². The molecule has 0 fully saturated rings. The predicted octanol–water partition coefficient (Wildman–Crippen LogP) is 3.34. The van der Waals surface area contributed by atoms with Crippen molar-refractivity contribution in [2.24, 2.45) is 0 Å². The fourth-order valence-corrected chi connectivity index (χ4v) is 2.37. The maximum absolute atomic E-state index is 12.0. The number of carbonyl (C=O) groups excluding carboxylic acids is 1. The van der Waals surface area contributed by atoms with Gasteiger partial charge in [-0.15, -0.1) is 11.3 Å². The molecule has 76 valence electrons. The summed E-state index contributed by atoms with van der Waals surface area (Å²) in [5, 5.41) is 2.31. The van der Waals surface area contributed by atoms with Crippen LogP contribution in [0.2, 0.25) is 5.02 Å². The van der Waals surface area contributed by atoms with E-state index in [1.54, 1.807) is 23.8 Å². The predicted molar refractivity (Wildman–Crippen MR) is 61.7 cm³/mol. The lowest BCUT2D eigenvalue weighted by Crippen LogP contribution is -2.02. The Labute approximate surface area is 96.5 Å². The largest absolute Gasteiger partial charge is 0.288 e. The molecule has 0 saturated heterocycles. The minimum absolute atomic E-state index is 0.0550. The van der Waals surface area contributed by atoms with Crippen LogP contribution < -0.4 is 0 Å². The van der Waals surface area contributed by atoms with Crippen molar-refractivity contribution in [1.82, 2.24) is 4.98 Å². The Morgan fingerprint density at radius 3 is 2.87 bits per heavy atom. The minimum Gasteiger partial charge on any atom is -0.288 e. The van der Waals surface area contributed by atoms with Gasteiger partial charge in [-0.1, -0.05) is 11.6 Å². The van der Waals surface area contributed by atoms with Gasteiger partial charge in [0.25, 0.3) is 0 Å². The topological polar surface area (TPSA) is 30.0 Å². The highest BCUT2D eigenvalue weighted by atomic mass is 35.5. The lowest BCUT2D eigenvalue weighted by atomic mass is 10.1. The average molecular weight is 238 g/mol. The first kappa shape index (κ1) is 10.3. The second kappa shape index (κ2) is 4.13. The SMILES string of the molecule is Cc1ccncc1C(=O)c1sccc1Cl. The molecule has 2 aromatic heterocycles. The number of rotatable bonds is 2. The molecule has 0 radical (unpaired) electrons. The van der Waals surface area contributed by atoms with Crippen LogP contribution in [0.5, 0.6) is 0 Å². The quantitative estimate of drug-likeness (QED) is 0.750. The van der Waals surface area contributed by atoms with E-state index in [1.807, 2.05) is 13.0 Å². The molecular weight excluding hydrogens is 230 g/mol. The van der Waals surface area contributed by atoms with Crippen LogP contribution in [0.25, 0.3) is 0 Å². The number of hydrogen-bond acceptors (Lipinski definition) is 3. The third-order valence-corrected chi connectivity index (χ3v) is 3.45. The standard InChI is InChI=1S/C11H8ClNOS/c1-7-2-4-13-6-8(7)10(14)11-9(12)3-5-15-11/h2-6H,1H3. The van der Waals surface area contributed by atoms with Gasteiger partial charge in [-0.25, -0.2) is 0 Å². The molecule has 2 nitrogen and oxygen atoms in total. The number of aromatic nitrogens is 1. The van der Waals surface area contributed by atoms with Crippen LogP contribution in [0.4, 0.5) is 0 Å². The fourth-order valence-electron chi connectivity index (χ4n) is 1.28. The van der Waals surface area contributed by atoms with Crippen molar-refractivity contribution in [3.8, 4) is 0 Å². The molecule has 0 unspecified atom stereocenters. The summed E-state index contributed by atoms with van der Waals surface area (Å²) in [6.07, 6.45) is 3.25. The Kier molecular flexibility index (Phi) is 2.84. The average Bonchev–Trinajstić information content (AvgIpc) is 2.64. The third-order valence-electron chi connectivity index (χ3n) is 2.11. The molecule has 15 heavy (non-hydrogen) atoms. The van der Waals surface area contributed by atoms with Crippen LogP contribution >= 0.6 is 22.9 Å². The molecule has 0 N–H and O–H groups in total. The Hall–Kier alpha value is -1.19. The number of nitrogens with zero attached hydrogens (tertiary/aromatic N) is 1. The highest BCUT2D eigenvalue weighted by molar-refractivity contribution is 7.13. The summed E-state index contributed by atoms with van der Waals surface area (Å²) in [4.78, 5) is 16.6. The lowest BCUT2D eigenvalue weighted by molar-refractivity contribution is 0.104. The second-order valence-corrected chi connectivity index (χ2v) is 4.44. The third kappa shape index (κ3) is 1.94. The molecule has 4 heteroatoms. The number of thiophene rings is 1. The minimum atomic E-state index is -0.0550. The molecular formula is C11H8ClNOS. The van der Waals surface area contributed by atoms with Gasteiger partial charge in [0.2, 0.25) is 5.78 Å². The molecule has 0 aliphatic rings. The monoisotopic (exact) mass is 237 g/mol. The number of carbonyl (C=O) groups is 1. The molecule has 2 heterocycles. The normalized spacial score (nSPS) is 10.3. The van der Waals surface area contributed by atoms with Crippen molar-refractivity contribution in [2.75, 3.05) is 0 Å². The van der Waals surface area contributed by atoms with E-state index >= 15 is 0 Å². The number of halogens is 1. The van der Waals surface area contributed by atoms with Gasteiger partial charge in [0.05, 0.1) is 9.90 Å². The molecule has 2 rings (SSSR count). The first-order valence-corrected chi connectivity index (χ1v) is 5.64. The van der Waals surface area contributed by atoms with Crippen LogP contribution in [0.3, 0.4) is 0 Å². The van der Waals surface area contributed by atoms with E-state index in [-0.39, 0.29) is 5.78 Å². The van der Waals surface area contributed by atoms with Crippen molar-refractivity contribution in [2.45, 2.75) is 6.92 Å². The van der Waals surface area contributed by atoms with Crippen molar-refractivity contribution in [3.05, 3.63) is 50.9 Å². The van der Waals surface area contributed by atoms with Gasteiger partial charge in [0, 0.05) is 18.0 Å². The Morgan fingerprint density at radius 2 is 2.27 bits per heavy atom. The summed E-state index contributed by atoms with van der Waals surface area (Å²) in [6, 6.07) is 3.54. The van der Waals surface area contributed by atoms with Crippen molar-refractivity contribution >= 4 is 28.7 Å². The number of pyridine rings is 1. The van der Waals surface area contributed by atoms with Crippen LogP contribution in [-0.4, -0.2) is 10.8 Å². The number of hydrogen-bond donors (Lipinski definition) is 0.